The van der Waals surface area contributed by atoms with E-state index in [1.54, 1.807) is 19.1 Å². The second-order valence-electron chi connectivity index (χ2n) is 5.38. The van der Waals surface area contributed by atoms with Gasteiger partial charge in [0.25, 0.3) is 5.89 Å². The molecule has 0 unspecified atom stereocenters. The molecule has 0 aliphatic carbocycles. The number of hydrogen-bond donors (Lipinski definition) is 0. The van der Waals surface area contributed by atoms with E-state index in [9.17, 15) is 13.6 Å². The molecule has 0 saturated carbocycles. The largest absolute Gasteiger partial charge is 0.482 e. The van der Waals surface area contributed by atoms with E-state index >= 15 is 0 Å². The van der Waals surface area contributed by atoms with Crippen LogP contribution in [0.3, 0.4) is 0 Å². The van der Waals surface area contributed by atoms with Gasteiger partial charge in [0.1, 0.15) is 17.4 Å². The molecule has 0 aliphatic heterocycles. The smallest absolute Gasteiger partial charge is 0.344 e. The minimum atomic E-state index is -0.685. The van der Waals surface area contributed by atoms with Crippen LogP contribution in [0.1, 0.15) is 11.5 Å². The Bertz CT molecular complexity index is 927. The normalized spacial score (nSPS) is 10.6. The lowest BCUT2D eigenvalue weighted by Crippen LogP contribution is -2.14. The SMILES string of the molecule is Cc1ccc(-c2noc(COC(=O)COc3cccc(F)c3)n2)cc1F. The van der Waals surface area contributed by atoms with E-state index in [0.29, 0.717) is 11.1 Å². The maximum absolute atomic E-state index is 13.6. The molecule has 1 aromatic heterocycles. The summed E-state index contributed by atoms with van der Waals surface area (Å²) in [5, 5.41) is 3.72. The zero-order chi connectivity index (χ0) is 18.5. The molecule has 0 spiro atoms. The first kappa shape index (κ1) is 17.5. The topological polar surface area (TPSA) is 74.5 Å². The molecular formula is C18H14F2N2O4. The fourth-order valence-corrected chi connectivity index (χ4v) is 2.05. The summed E-state index contributed by atoms with van der Waals surface area (Å²) in [4.78, 5) is 15.7. The number of ether oxygens (including phenoxy) is 2. The Morgan fingerprint density at radius 3 is 2.81 bits per heavy atom. The Morgan fingerprint density at radius 1 is 1.19 bits per heavy atom. The van der Waals surface area contributed by atoms with Crippen LogP contribution in [0.5, 0.6) is 5.75 Å². The Hall–Kier alpha value is -3.29. The first-order valence-electron chi connectivity index (χ1n) is 7.64. The average molecular weight is 360 g/mol. The molecule has 8 heteroatoms. The van der Waals surface area contributed by atoms with E-state index < -0.39 is 18.4 Å². The predicted molar refractivity (Wildman–Crippen MR) is 86.1 cm³/mol. The van der Waals surface area contributed by atoms with Gasteiger partial charge in [-0.2, -0.15) is 4.98 Å². The number of aromatic nitrogens is 2. The quantitative estimate of drug-likeness (QED) is 0.627. The van der Waals surface area contributed by atoms with E-state index in [4.69, 9.17) is 14.0 Å². The Morgan fingerprint density at radius 2 is 2.04 bits per heavy atom. The Kier molecular flexibility index (Phi) is 5.21. The number of benzene rings is 2. The molecule has 0 radical (unpaired) electrons. The van der Waals surface area contributed by atoms with Gasteiger partial charge in [0, 0.05) is 11.6 Å². The van der Waals surface area contributed by atoms with Crippen molar-refractivity contribution in [3.63, 3.8) is 0 Å². The van der Waals surface area contributed by atoms with Crippen LogP contribution in [-0.4, -0.2) is 22.7 Å². The maximum Gasteiger partial charge on any atom is 0.344 e. The lowest BCUT2D eigenvalue weighted by Gasteiger charge is -2.05. The van der Waals surface area contributed by atoms with Crippen molar-refractivity contribution in [2.24, 2.45) is 0 Å². The van der Waals surface area contributed by atoms with Gasteiger partial charge in [-0.3, -0.25) is 0 Å². The van der Waals surface area contributed by atoms with Gasteiger partial charge in [-0.25, -0.2) is 13.6 Å². The zero-order valence-electron chi connectivity index (χ0n) is 13.7. The molecule has 0 N–H and O–H groups in total. The molecule has 0 amide bonds. The van der Waals surface area contributed by atoms with Gasteiger partial charge in [-0.05, 0) is 30.7 Å². The van der Waals surface area contributed by atoms with Crippen LogP contribution < -0.4 is 4.74 Å². The number of esters is 1. The van der Waals surface area contributed by atoms with Crippen LogP contribution in [0, 0.1) is 18.6 Å². The Labute approximate surface area is 147 Å². The molecule has 26 heavy (non-hydrogen) atoms. The summed E-state index contributed by atoms with van der Waals surface area (Å²) in [5.41, 5.74) is 0.952. The maximum atomic E-state index is 13.6. The lowest BCUT2D eigenvalue weighted by molar-refractivity contribution is -0.148. The molecule has 6 nitrogen and oxygen atoms in total. The molecule has 3 aromatic rings. The zero-order valence-corrected chi connectivity index (χ0v) is 13.7. The van der Waals surface area contributed by atoms with E-state index in [2.05, 4.69) is 10.1 Å². The van der Waals surface area contributed by atoms with Crippen LogP contribution in [0.15, 0.2) is 47.0 Å². The fourth-order valence-electron chi connectivity index (χ4n) is 2.05. The summed E-state index contributed by atoms with van der Waals surface area (Å²) < 4.78 is 41.6. The second kappa shape index (κ2) is 7.73. The fraction of sp³-hybridized carbons (Fsp3) is 0.167. The molecule has 134 valence electrons. The van der Waals surface area contributed by atoms with Crippen molar-refractivity contribution in [2.45, 2.75) is 13.5 Å². The summed E-state index contributed by atoms with van der Waals surface area (Å²) in [6, 6.07) is 9.95. The third kappa shape index (κ3) is 4.41. The minimum absolute atomic E-state index is 0.0556. The number of aryl methyl sites for hydroxylation is 1. The third-order valence-corrected chi connectivity index (χ3v) is 3.41. The van der Waals surface area contributed by atoms with Gasteiger partial charge in [-0.1, -0.05) is 23.4 Å². The monoisotopic (exact) mass is 360 g/mol. The molecule has 1 heterocycles. The number of halogens is 2. The summed E-state index contributed by atoms with van der Waals surface area (Å²) in [7, 11) is 0. The van der Waals surface area contributed by atoms with Gasteiger partial charge < -0.3 is 14.0 Å². The van der Waals surface area contributed by atoms with Gasteiger partial charge in [0.15, 0.2) is 13.2 Å². The van der Waals surface area contributed by atoms with E-state index in [1.165, 1.54) is 24.3 Å². The number of rotatable bonds is 6. The second-order valence-corrected chi connectivity index (χ2v) is 5.38. The summed E-state index contributed by atoms with van der Waals surface area (Å²) >= 11 is 0. The van der Waals surface area contributed by atoms with Crippen molar-refractivity contribution in [3.05, 3.63) is 65.6 Å². The van der Waals surface area contributed by atoms with Crippen molar-refractivity contribution in [1.82, 2.24) is 10.1 Å². The van der Waals surface area contributed by atoms with Crippen molar-refractivity contribution in [3.8, 4) is 17.1 Å². The van der Waals surface area contributed by atoms with Crippen molar-refractivity contribution in [2.75, 3.05) is 6.61 Å². The van der Waals surface area contributed by atoms with Gasteiger partial charge >= 0.3 is 5.97 Å². The van der Waals surface area contributed by atoms with Crippen LogP contribution in [0.2, 0.25) is 0 Å². The Balaban J connectivity index is 1.52. The number of hydrogen-bond acceptors (Lipinski definition) is 6. The third-order valence-electron chi connectivity index (χ3n) is 3.41. The average Bonchev–Trinajstić information content (AvgIpc) is 3.09. The molecule has 0 fully saturated rings. The predicted octanol–water partition coefficient (Wildman–Crippen LogP) is 3.45. The first-order chi connectivity index (χ1) is 12.5. The lowest BCUT2D eigenvalue weighted by atomic mass is 10.1. The van der Waals surface area contributed by atoms with Gasteiger partial charge in [-0.15, -0.1) is 0 Å². The highest BCUT2D eigenvalue weighted by molar-refractivity contribution is 5.71. The molecule has 0 atom stereocenters. The van der Waals surface area contributed by atoms with E-state index in [0.717, 1.165) is 6.07 Å². The highest BCUT2D eigenvalue weighted by Gasteiger charge is 2.13. The number of nitrogens with zero attached hydrogens (tertiary/aromatic N) is 2. The van der Waals surface area contributed by atoms with Crippen LogP contribution in [0.4, 0.5) is 8.78 Å². The number of carbonyl (C=O) groups excluding carboxylic acids is 1. The van der Waals surface area contributed by atoms with Crippen molar-refractivity contribution < 1.29 is 27.6 Å². The summed E-state index contributed by atoms with van der Waals surface area (Å²) in [6.45, 7) is 0.992. The molecular weight excluding hydrogens is 346 g/mol. The molecule has 0 saturated heterocycles. The summed E-state index contributed by atoms with van der Waals surface area (Å²) in [6.07, 6.45) is 0. The highest BCUT2D eigenvalue weighted by Crippen LogP contribution is 2.19. The minimum Gasteiger partial charge on any atom is -0.482 e. The first-order valence-corrected chi connectivity index (χ1v) is 7.64. The number of carbonyl (C=O) groups is 1. The van der Waals surface area contributed by atoms with Crippen LogP contribution >= 0.6 is 0 Å². The molecule has 3 rings (SSSR count). The standard InChI is InChI=1S/C18H14F2N2O4/c1-11-5-6-12(7-15(11)20)18-21-16(26-22-18)9-25-17(23)10-24-14-4-2-3-13(19)8-14/h2-8H,9-10H2,1H3. The van der Waals surface area contributed by atoms with E-state index in [1.807, 2.05) is 0 Å². The van der Waals surface area contributed by atoms with Crippen LogP contribution in [-0.2, 0) is 16.1 Å². The molecule has 0 bridgehead atoms. The van der Waals surface area contributed by atoms with Crippen molar-refractivity contribution >= 4 is 5.97 Å². The van der Waals surface area contributed by atoms with Gasteiger partial charge in [0.2, 0.25) is 5.82 Å². The van der Waals surface area contributed by atoms with E-state index in [-0.39, 0.29) is 29.9 Å². The van der Waals surface area contributed by atoms with Crippen molar-refractivity contribution in [1.29, 1.82) is 0 Å². The van der Waals surface area contributed by atoms with Gasteiger partial charge in [0.05, 0.1) is 0 Å². The molecule has 2 aromatic carbocycles. The molecule has 0 aliphatic rings. The van der Waals surface area contributed by atoms with Crippen LogP contribution in [0.25, 0.3) is 11.4 Å². The highest BCUT2D eigenvalue weighted by atomic mass is 19.1. The summed E-state index contributed by atoms with van der Waals surface area (Å²) in [5.74, 6) is -1.08.